The molecule has 2 aliphatic heterocycles. The van der Waals surface area contributed by atoms with Gasteiger partial charge in [-0.2, -0.15) is 0 Å². The molecule has 1 aromatic rings. The minimum absolute atomic E-state index is 0.0456. The monoisotopic (exact) mass is 363 g/mol. The van der Waals surface area contributed by atoms with Gasteiger partial charge >= 0.3 is 7.12 Å². The van der Waals surface area contributed by atoms with Crippen LogP contribution in [0, 0.1) is 0 Å². The van der Waals surface area contributed by atoms with Crippen LogP contribution in [0.25, 0.3) is 6.08 Å². The van der Waals surface area contributed by atoms with Crippen molar-refractivity contribution in [2.24, 2.45) is 0 Å². The highest BCUT2D eigenvalue weighted by molar-refractivity contribution is 6.62. The lowest BCUT2D eigenvalue weighted by molar-refractivity contribution is 0.00578. The Kier molecular flexibility index (Phi) is 5.57. The Labute approximate surface area is 155 Å². The lowest BCUT2D eigenvalue weighted by Crippen LogP contribution is -2.41. The van der Waals surface area contributed by atoms with Gasteiger partial charge in [0.25, 0.3) is 0 Å². The normalized spacial score (nSPS) is 24.1. The number of likely N-dealkylation sites (tertiary alicyclic amines) is 1. The van der Waals surface area contributed by atoms with E-state index in [1.54, 1.807) is 0 Å². The van der Waals surface area contributed by atoms with E-state index in [4.69, 9.17) is 9.31 Å². The number of hydrogen-bond donors (Lipinski definition) is 0. The molecule has 0 atom stereocenters. The lowest BCUT2D eigenvalue weighted by Gasteiger charge is -2.32. The molecule has 0 spiro atoms. The van der Waals surface area contributed by atoms with E-state index in [-0.39, 0.29) is 24.7 Å². The highest BCUT2D eigenvalue weighted by Gasteiger charge is 2.51. The average molecular weight is 363 g/mol. The highest BCUT2D eigenvalue weighted by Crippen LogP contribution is 2.36. The van der Waals surface area contributed by atoms with E-state index in [9.17, 15) is 8.78 Å². The molecule has 0 saturated carbocycles. The molecule has 2 fully saturated rings. The van der Waals surface area contributed by atoms with E-state index in [1.165, 1.54) is 5.57 Å². The Balaban J connectivity index is 1.61. The van der Waals surface area contributed by atoms with Gasteiger partial charge in [-0.15, -0.1) is 0 Å². The van der Waals surface area contributed by atoms with Gasteiger partial charge in [-0.3, -0.25) is 4.90 Å². The van der Waals surface area contributed by atoms with E-state index in [0.29, 0.717) is 6.54 Å². The predicted octanol–water partition coefficient (Wildman–Crippen LogP) is 3.73. The van der Waals surface area contributed by atoms with Gasteiger partial charge in [0.2, 0.25) is 6.43 Å². The first-order valence-corrected chi connectivity index (χ1v) is 9.32. The summed E-state index contributed by atoms with van der Waals surface area (Å²) in [6.07, 6.45) is 0.847. The molecule has 3 nitrogen and oxygen atoms in total. The van der Waals surface area contributed by atoms with Crippen LogP contribution < -0.4 is 5.46 Å². The number of rotatable bonds is 5. The molecule has 0 N–H and O–H groups in total. The topological polar surface area (TPSA) is 21.7 Å². The van der Waals surface area contributed by atoms with Crippen molar-refractivity contribution in [3.63, 3.8) is 0 Å². The van der Waals surface area contributed by atoms with Crippen LogP contribution in [0.2, 0.25) is 0 Å². The van der Waals surface area contributed by atoms with Crippen molar-refractivity contribution in [3.05, 3.63) is 35.4 Å². The molecule has 0 aromatic heterocycles. The Morgan fingerprint density at radius 2 is 1.73 bits per heavy atom. The van der Waals surface area contributed by atoms with Crippen molar-refractivity contribution in [1.82, 2.24) is 4.90 Å². The maximum Gasteiger partial charge on any atom is 0.494 e. The maximum atomic E-state index is 12.3. The van der Waals surface area contributed by atoms with Gasteiger partial charge in [0.1, 0.15) is 0 Å². The average Bonchev–Trinajstić information content (AvgIpc) is 3.08. The van der Waals surface area contributed by atoms with Crippen LogP contribution in [0.4, 0.5) is 8.78 Å². The third-order valence-electron chi connectivity index (χ3n) is 5.67. The van der Waals surface area contributed by atoms with Crippen molar-refractivity contribution < 1.29 is 18.1 Å². The largest absolute Gasteiger partial charge is 0.494 e. The minimum Gasteiger partial charge on any atom is -0.399 e. The number of halogens is 2. The van der Waals surface area contributed by atoms with Crippen LogP contribution in [-0.4, -0.2) is 49.3 Å². The van der Waals surface area contributed by atoms with Crippen molar-refractivity contribution in [2.75, 3.05) is 19.6 Å². The van der Waals surface area contributed by atoms with Crippen LogP contribution >= 0.6 is 0 Å². The second-order valence-electron chi connectivity index (χ2n) is 8.26. The van der Waals surface area contributed by atoms with E-state index >= 15 is 0 Å². The van der Waals surface area contributed by atoms with Gasteiger partial charge in [0.05, 0.1) is 11.2 Å². The van der Waals surface area contributed by atoms with Gasteiger partial charge in [-0.25, -0.2) is 8.78 Å². The molecule has 3 rings (SSSR count). The molecular formula is C20H28BF2NO2. The summed E-state index contributed by atoms with van der Waals surface area (Å²) in [5.74, 6) is 0. The molecular weight excluding hydrogens is 335 g/mol. The molecule has 2 saturated heterocycles. The molecule has 0 bridgehead atoms. The zero-order chi connectivity index (χ0) is 18.9. The minimum atomic E-state index is -2.22. The van der Waals surface area contributed by atoms with Gasteiger partial charge in [0.15, 0.2) is 0 Å². The zero-order valence-corrected chi connectivity index (χ0v) is 16.1. The zero-order valence-electron chi connectivity index (χ0n) is 16.1. The summed E-state index contributed by atoms with van der Waals surface area (Å²) in [5, 5.41) is 0. The Morgan fingerprint density at radius 1 is 1.12 bits per heavy atom. The fraction of sp³-hybridized carbons (Fsp3) is 0.600. The van der Waals surface area contributed by atoms with Crippen molar-refractivity contribution >= 4 is 18.7 Å². The third-order valence-corrected chi connectivity index (χ3v) is 5.67. The number of alkyl halides is 2. The van der Waals surface area contributed by atoms with Crippen LogP contribution in [0.15, 0.2) is 29.8 Å². The second-order valence-corrected chi connectivity index (χ2v) is 8.26. The molecule has 0 radical (unpaired) electrons. The molecule has 6 heteroatoms. The fourth-order valence-corrected chi connectivity index (χ4v) is 3.30. The molecule has 26 heavy (non-hydrogen) atoms. The number of hydrogen-bond acceptors (Lipinski definition) is 3. The summed E-state index contributed by atoms with van der Waals surface area (Å²) in [7, 11) is -0.349. The molecule has 0 aliphatic carbocycles. The lowest BCUT2D eigenvalue weighted by atomic mass is 9.79. The summed E-state index contributed by atoms with van der Waals surface area (Å²) in [6.45, 7) is 10.3. The van der Waals surface area contributed by atoms with Gasteiger partial charge < -0.3 is 9.31 Å². The van der Waals surface area contributed by atoms with E-state index in [0.717, 1.165) is 30.5 Å². The van der Waals surface area contributed by atoms with Crippen molar-refractivity contribution in [1.29, 1.82) is 0 Å². The quantitative estimate of drug-likeness (QED) is 0.745. The summed E-state index contributed by atoms with van der Waals surface area (Å²) in [6, 6.07) is 8.21. The summed E-state index contributed by atoms with van der Waals surface area (Å²) in [5.41, 5.74) is 2.74. The fourth-order valence-electron chi connectivity index (χ4n) is 3.30. The van der Waals surface area contributed by atoms with Crippen molar-refractivity contribution in [2.45, 2.75) is 58.2 Å². The third kappa shape index (κ3) is 4.35. The van der Waals surface area contributed by atoms with Crippen molar-refractivity contribution in [3.8, 4) is 0 Å². The first kappa shape index (κ1) is 19.5. The van der Waals surface area contributed by atoms with E-state index < -0.39 is 6.43 Å². The van der Waals surface area contributed by atoms with Crippen LogP contribution in [0.3, 0.4) is 0 Å². The Hall–Kier alpha value is -1.24. The van der Waals surface area contributed by atoms with E-state index in [2.05, 4.69) is 23.1 Å². The van der Waals surface area contributed by atoms with E-state index in [1.807, 2.05) is 39.8 Å². The number of benzene rings is 1. The summed E-state index contributed by atoms with van der Waals surface area (Å²) in [4.78, 5) is 2.09. The van der Waals surface area contributed by atoms with Gasteiger partial charge in [0, 0.05) is 26.1 Å². The molecule has 0 amide bonds. The maximum absolute atomic E-state index is 12.3. The van der Waals surface area contributed by atoms with Gasteiger partial charge in [-0.05, 0) is 45.1 Å². The van der Waals surface area contributed by atoms with Crippen LogP contribution in [0.1, 0.15) is 46.1 Å². The smallest absolute Gasteiger partial charge is 0.399 e. The SMILES string of the molecule is CC1(C)OB(c2ccc(/C=C3/CCN(CCC(F)F)C3)cc2)OC1(C)C. The van der Waals surface area contributed by atoms with Crippen LogP contribution in [-0.2, 0) is 9.31 Å². The predicted molar refractivity (Wildman–Crippen MR) is 102 cm³/mol. The summed E-state index contributed by atoms with van der Waals surface area (Å²) < 4.78 is 36.8. The standard InChI is InChI=1S/C20H28BF2NO2/c1-19(2)20(3,4)26-21(25-19)17-7-5-15(6-8-17)13-16-9-11-24(14-16)12-10-18(22)23/h5-8,13,18H,9-12,14H2,1-4H3/b16-13-. The Morgan fingerprint density at radius 3 is 2.31 bits per heavy atom. The first-order valence-electron chi connectivity index (χ1n) is 9.32. The van der Waals surface area contributed by atoms with Crippen LogP contribution in [0.5, 0.6) is 0 Å². The molecule has 142 valence electrons. The second kappa shape index (κ2) is 7.41. The summed E-state index contributed by atoms with van der Waals surface area (Å²) >= 11 is 0. The highest BCUT2D eigenvalue weighted by atomic mass is 19.3. The first-order chi connectivity index (χ1) is 12.2. The molecule has 1 aromatic carbocycles. The molecule has 2 heterocycles. The Bertz CT molecular complexity index is 642. The molecule has 2 aliphatic rings. The number of nitrogens with zero attached hydrogens (tertiary/aromatic N) is 1. The molecule has 0 unspecified atom stereocenters. The van der Waals surface area contributed by atoms with Gasteiger partial charge in [-0.1, -0.05) is 35.9 Å².